The average molecular weight is 456 g/mol. The second kappa shape index (κ2) is 7.33. The Hall–Kier alpha value is -4.04. The topological polar surface area (TPSA) is 158 Å². The smallest absolute Gasteiger partial charge is 0.357 e. The van der Waals surface area contributed by atoms with Crippen molar-refractivity contribution < 1.29 is 70.7 Å². The van der Waals surface area contributed by atoms with Crippen molar-refractivity contribution in [2.75, 3.05) is 0 Å². The Morgan fingerprint density at radius 1 is 0.677 bits per heavy atom. The molecule has 1 aliphatic rings. The second-order valence-electron chi connectivity index (χ2n) is 5.79. The number of ether oxygens (including phenoxy) is 1. The highest BCUT2D eigenvalue weighted by atomic mass is 19.2. The van der Waals surface area contributed by atoms with Gasteiger partial charge in [0.25, 0.3) is 11.3 Å². The number of carboxylic acids is 4. The number of hydrogen-bond donors (Lipinski definition) is 4. The third-order valence-corrected chi connectivity index (χ3v) is 4.01. The molecule has 0 aliphatic heterocycles. The van der Waals surface area contributed by atoms with E-state index in [2.05, 4.69) is 4.74 Å². The number of aliphatic carboxylic acids is 4. The molecule has 1 aliphatic carbocycles. The first-order chi connectivity index (χ1) is 14.1. The van der Waals surface area contributed by atoms with Crippen molar-refractivity contribution in [1.82, 2.24) is 0 Å². The Kier molecular flexibility index (Phi) is 5.50. The van der Waals surface area contributed by atoms with Crippen molar-refractivity contribution in [2.24, 2.45) is 0 Å². The van der Waals surface area contributed by atoms with Crippen LogP contribution >= 0.6 is 0 Å². The van der Waals surface area contributed by atoms with E-state index in [1.807, 2.05) is 0 Å². The Labute approximate surface area is 165 Å². The first-order valence-corrected chi connectivity index (χ1v) is 7.41. The average Bonchev–Trinajstić information content (AvgIpc) is 2.68. The minimum absolute atomic E-state index is 0.479. The minimum atomic E-state index is -4.17. The van der Waals surface area contributed by atoms with Crippen LogP contribution in [0, 0.1) is 29.1 Å². The van der Waals surface area contributed by atoms with Crippen molar-refractivity contribution in [3.05, 3.63) is 52.4 Å². The zero-order chi connectivity index (χ0) is 24.0. The lowest BCUT2D eigenvalue weighted by Crippen LogP contribution is -2.54. The summed E-state index contributed by atoms with van der Waals surface area (Å²) in [4.78, 5) is 45.7. The molecule has 9 nitrogen and oxygen atoms in total. The predicted octanol–water partition coefficient (Wildman–Crippen LogP) is 1.41. The van der Waals surface area contributed by atoms with Crippen LogP contribution in [-0.2, 0) is 19.2 Å². The Bertz CT molecular complexity index is 1080. The van der Waals surface area contributed by atoms with Gasteiger partial charge < -0.3 is 25.2 Å². The highest BCUT2D eigenvalue weighted by molar-refractivity contribution is 6.08. The number of rotatable bonds is 6. The van der Waals surface area contributed by atoms with E-state index in [9.17, 15) is 55.7 Å². The molecule has 1 aromatic carbocycles. The number of carboxylic acid groups (broad SMARTS) is 4. The van der Waals surface area contributed by atoms with Gasteiger partial charge in [-0.05, 0) is 12.2 Å². The van der Waals surface area contributed by atoms with Crippen LogP contribution in [0.2, 0.25) is 0 Å². The van der Waals surface area contributed by atoms with Crippen molar-refractivity contribution in [1.29, 1.82) is 0 Å². The molecule has 0 amide bonds. The molecule has 0 saturated heterocycles. The van der Waals surface area contributed by atoms with E-state index in [0.717, 1.165) is 0 Å². The van der Waals surface area contributed by atoms with Crippen LogP contribution in [0.5, 0.6) is 5.75 Å². The molecule has 0 bridgehead atoms. The molecule has 0 fully saturated rings. The van der Waals surface area contributed by atoms with E-state index in [-0.39, 0.29) is 0 Å². The normalized spacial score (nSPS) is 22.9. The molecule has 0 aromatic heterocycles. The Morgan fingerprint density at radius 3 is 1.45 bits per heavy atom. The van der Waals surface area contributed by atoms with Gasteiger partial charge in [-0.3, -0.25) is 0 Å². The van der Waals surface area contributed by atoms with Gasteiger partial charge in [0, 0.05) is 0 Å². The van der Waals surface area contributed by atoms with E-state index in [1.165, 1.54) is 0 Å². The number of hydrogen-bond acceptors (Lipinski definition) is 5. The first-order valence-electron chi connectivity index (χ1n) is 7.41. The van der Waals surface area contributed by atoms with Crippen LogP contribution in [0.25, 0.3) is 0 Å². The monoisotopic (exact) mass is 456 g/mol. The van der Waals surface area contributed by atoms with Gasteiger partial charge >= 0.3 is 23.9 Å². The Balaban J connectivity index is 2.95. The fourth-order valence-electron chi connectivity index (χ4n) is 2.53. The summed E-state index contributed by atoms with van der Waals surface area (Å²) in [6.07, 6.45) is -1.03. The highest BCUT2D eigenvalue weighted by Crippen LogP contribution is 2.42. The van der Waals surface area contributed by atoms with Crippen LogP contribution in [0.4, 0.5) is 26.3 Å². The lowest BCUT2D eigenvalue weighted by atomic mass is 9.77. The summed E-state index contributed by atoms with van der Waals surface area (Å²) in [5, 5.41) is 36.6. The van der Waals surface area contributed by atoms with Crippen molar-refractivity contribution >= 4 is 23.9 Å². The number of benzene rings is 1. The molecule has 1 aromatic rings. The molecule has 4 N–H and O–H groups in total. The van der Waals surface area contributed by atoms with Gasteiger partial charge in [-0.25, -0.2) is 36.7 Å². The van der Waals surface area contributed by atoms with Crippen LogP contribution < -0.4 is 4.74 Å². The molecule has 0 saturated carbocycles. The van der Waals surface area contributed by atoms with E-state index in [0.29, 0.717) is 0 Å². The number of carbonyl (C=O) groups is 4. The Morgan fingerprint density at radius 2 is 1.10 bits per heavy atom. The SMILES string of the molecule is O=C(O)C1=CC(Oc2c(F)c(F)c(F)c(F)c2F)(C(=O)O)C(C(=O)O)=CC1(F)C(=O)O. The largest absolute Gasteiger partial charge is 0.478 e. The van der Waals surface area contributed by atoms with Crippen molar-refractivity contribution in [3.63, 3.8) is 0 Å². The zero-order valence-corrected chi connectivity index (χ0v) is 14.3. The van der Waals surface area contributed by atoms with E-state index in [4.69, 9.17) is 10.2 Å². The molecule has 0 radical (unpaired) electrons. The van der Waals surface area contributed by atoms with Crippen LogP contribution in [0.3, 0.4) is 0 Å². The van der Waals surface area contributed by atoms with Crippen LogP contribution in [-0.4, -0.2) is 55.6 Å². The van der Waals surface area contributed by atoms with Crippen molar-refractivity contribution in [3.8, 4) is 5.75 Å². The quantitative estimate of drug-likeness (QED) is 0.282. The molecule has 31 heavy (non-hydrogen) atoms. The molecule has 15 heteroatoms. The van der Waals surface area contributed by atoms with E-state index >= 15 is 0 Å². The minimum Gasteiger partial charge on any atom is -0.478 e. The van der Waals surface area contributed by atoms with Gasteiger partial charge in [0.1, 0.15) is 0 Å². The third kappa shape index (κ3) is 3.32. The van der Waals surface area contributed by atoms with Crippen molar-refractivity contribution in [2.45, 2.75) is 11.3 Å². The fourth-order valence-corrected chi connectivity index (χ4v) is 2.53. The molecular formula is C16H6F6O9. The maximum atomic E-state index is 14.8. The zero-order valence-electron chi connectivity index (χ0n) is 14.3. The van der Waals surface area contributed by atoms with E-state index < -0.39 is 93.3 Å². The van der Waals surface area contributed by atoms with Gasteiger partial charge in [-0.2, -0.15) is 8.78 Å². The molecule has 2 rings (SSSR count). The summed E-state index contributed by atoms with van der Waals surface area (Å²) in [7, 11) is 0. The standard InChI is InChI=1S/C16H6F6O9/c17-5-6(18)8(20)10(9(21)7(5)19)31-16(14(29)30)2-3(11(23)24)15(22,13(27)28)1-4(16)12(25)26/h1-2H,(H,23,24)(H,25,26)(H,27,28)(H,29,30). The molecule has 0 spiro atoms. The summed E-state index contributed by atoms with van der Waals surface area (Å²) >= 11 is 0. The van der Waals surface area contributed by atoms with Gasteiger partial charge in [0.05, 0.1) is 11.1 Å². The highest BCUT2D eigenvalue weighted by Gasteiger charge is 2.59. The van der Waals surface area contributed by atoms with Gasteiger partial charge in [0.2, 0.25) is 29.1 Å². The van der Waals surface area contributed by atoms with Crippen LogP contribution in [0.15, 0.2) is 23.3 Å². The summed E-state index contributed by atoms with van der Waals surface area (Å²) in [5.41, 5.74) is -12.0. The van der Waals surface area contributed by atoms with Crippen LogP contribution in [0.1, 0.15) is 0 Å². The number of halogens is 6. The van der Waals surface area contributed by atoms with Gasteiger partial charge in [-0.15, -0.1) is 0 Å². The summed E-state index contributed by atoms with van der Waals surface area (Å²) in [5.74, 6) is -26.1. The summed E-state index contributed by atoms with van der Waals surface area (Å²) < 4.78 is 86.9. The van der Waals surface area contributed by atoms with Gasteiger partial charge in [0.15, 0.2) is 5.75 Å². The summed E-state index contributed by atoms with van der Waals surface area (Å²) in [6, 6.07) is 0. The molecule has 166 valence electrons. The second-order valence-corrected chi connectivity index (χ2v) is 5.79. The lowest BCUT2D eigenvalue weighted by Gasteiger charge is -2.34. The summed E-state index contributed by atoms with van der Waals surface area (Å²) in [6.45, 7) is 0. The maximum Gasteiger partial charge on any atom is 0.357 e. The molecule has 2 atom stereocenters. The third-order valence-electron chi connectivity index (χ3n) is 4.01. The van der Waals surface area contributed by atoms with E-state index in [1.54, 1.807) is 0 Å². The first kappa shape index (κ1) is 23.2. The molecule has 0 heterocycles. The number of alkyl halides is 1. The maximum absolute atomic E-state index is 14.8. The fraction of sp³-hybridized carbons (Fsp3) is 0.125. The molecular weight excluding hydrogens is 450 g/mol. The lowest BCUT2D eigenvalue weighted by molar-refractivity contribution is -0.154. The predicted molar refractivity (Wildman–Crippen MR) is 80.1 cm³/mol. The molecule has 2 unspecified atom stereocenters. The van der Waals surface area contributed by atoms with Gasteiger partial charge in [-0.1, -0.05) is 0 Å².